The minimum Gasteiger partial charge on any atom is -0.381 e. The number of rotatable bonds is 1. The second-order valence-corrected chi connectivity index (χ2v) is 6.03. The summed E-state index contributed by atoms with van der Waals surface area (Å²) in [5.74, 6) is 0.566. The van der Waals surface area contributed by atoms with E-state index in [-0.39, 0.29) is 5.60 Å². The molecule has 1 aromatic rings. The molecule has 17 heavy (non-hydrogen) atoms. The highest BCUT2D eigenvalue weighted by Gasteiger charge is 2.39. The van der Waals surface area contributed by atoms with Crippen molar-refractivity contribution in [1.82, 2.24) is 4.98 Å². The van der Waals surface area contributed by atoms with E-state index in [4.69, 9.17) is 15.2 Å². The zero-order valence-electron chi connectivity index (χ0n) is 9.85. The molecule has 0 aromatic carbocycles. The van der Waals surface area contributed by atoms with E-state index in [1.165, 1.54) is 4.88 Å². The highest BCUT2D eigenvalue weighted by molar-refractivity contribution is 7.15. The molecule has 2 aliphatic rings. The van der Waals surface area contributed by atoms with Gasteiger partial charge in [0.05, 0.1) is 5.60 Å². The summed E-state index contributed by atoms with van der Waals surface area (Å²) in [7, 11) is 0. The fraction of sp³-hybridized carbons (Fsp3) is 0.750. The number of anilines is 1. The van der Waals surface area contributed by atoms with Crippen molar-refractivity contribution < 1.29 is 9.47 Å². The van der Waals surface area contributed by atoms with Crippen molar-refractivity contribution in [3.05, 3.63) is 11.1 Å². The molecule has 2 N–H and O–H groups in total. The van der Waals surface area contributed by atoms with Gasteiger partial charge >= 0.3 is 0 Å². The van der Waals surface area contributed by atoms with Crippen LogP contribution in [-0.2, 0) is 9.47 Å². The molecule has 3 rings (SSSR count). The van der Waals surface area contributed by atoms with Crippen molar-refractivity contribution in [2.24, 2.45) is 0 Å². The molecule has 2 saturated heterocycles. The van der Waals surface area contributed by atoms with Crippen LogP contribution in [0.3, 0.4) is 0 Å². The molecule has 94 valence electrons. The second-order valence-electron chi connectivity index (χ2n) is 4.93. The molecule has 0 bridgehead atoms. The van der Waals surface area contributed by atoms with Crippen LogP contribution in [0.25, 0.3) is 0 Å². The minimum atomic E-state index is 0.0555. The maximum absolute atomic E-state index is 6.04. The highest BCUT2D eigenvalue weighted by Crippen LogP contribution is 2.42. The lowest BCUT2D eigenvalue weighted by Crippen LogP contribution is -2.43. The van der Waals surface area contributed by atoms with Crippen LogP contribution in [0.4, 0.5) is 5.13 Å². The first-order valence-corrected chi connectivity index (χ1v) is 7.02. The van der Waals surface area contributed by atoms with E-state index in [2.05, 4.69) is 4.98 Å². The van der Waals surface area contributed by atoms with Gasteiger partial charge in [0, 0.05) is 30.9 Å². The maximum Gasteiger partial charge on any atom is 0.180 e. The molecule has 0 amide bonds. The molecule has 0 aliphatic carbocycles. The van der Waals surface area contributed by atoms with E-state index in [0.29, 0.717) is 11.0 Å². The topological polar surface area (TPSA) is 57.4 Å². The lowest BCUT2D eigenvalue weighted by Gasteiger charge is -2.43. The average Bonchev–Trinajstić information content (AvgIpc) is 2.77. The second kappa shape index (κ2) is 4.55. The minimum absolute atomic E-state index is 0.0555. The van der Waals surface area contributed by atoms with E-state index in [1.54, 1.807) is 11.3 Å². The van der Waals surface area contributed by atoms with Crippen LogP contribution < -0.4 is 5.73 Å². The van der Waals surface area contributed by atoms with Gasteiger partial charge in [0.2, 0.25) is 0 Å². The number of nitrogens with zero attached hydrogens (tertiary/aromatic N) is 1. The van der Waals surface area contributed by atoms with E-state index in [0.717, 1.165) is 45.5 Å². The summed E-state index contributed by atoms with van der Waals surface area (Å²) in [4.78, 5) is 5.47. The third kappa shape index (κ3) is 2.32. The van der Waals surface area contributed by atoms with Crippen LogP contribution in [0.2, 0.25) is 0 Å². The SMILES string of the molecule is Nc1ncc(C2CCOC3(CCOCC3)C2)s1. The van der Waals surface area contributed by atoms with Gasteiger partial charge in [-0.2, -0.15) is 0 Å². The number of hydrogen-bond acceptors (Lipinski definition) is 5. The quantitative estimate of drug-likeness (QED) is 0.834. The molecular formula is C12H18N2O2S. The molecule has 4 nitrogen and oxygen atoms in total. The van der Waals surface area contributed by atoms with Gasteiger partial charge in [-0.05, 0) is 31.6 Å². The van der Waals surface area contributed by atoms with Gasteiger partial charge in [-0.1, -0.05) is 0 Å². The fourth-order valence-electron chi connectivity index (χ4n) is 2.85. The third-order valence-corrected chi connectivity index (χ3v) is 4.83. The van der Waals surface area contributed by atoms with Crippen LogP contribution in [0.5, 0.6) is 0 Å². The molecule has 1 unspecified atom stereocenters. The Morgan fingerprint density at radius 3 is 2.88 bits per heavy atom. The van der Waals surface area contributed by atoms with Crippen LogP contribution in [0.15, 0.2) is 6.20 Å². The zero-order valence-corrected chi connectivity index (χ0v) is 10.7. The first-order chi connectivity index (χ1) is 8.27. The molecule has 2 aliphatic heterocycles. The summed E-state index contributed by atoms with van der Waals surface area (Å²) in [5, 5.41) is 0.674. The largest absolute Gasteiger partial charge is 0.381 e. The molecule has 2 fully saturated rings. The number of nitrogens with two attached hydrogens (primary N) is 1. The number of aromatic nitrogens is 1. The van der Waals surface area contributed by atoms with Crippen LogP contribution >= 0.6 is 11.3 Å². The molecular weight excluding hydrogens is 236 g/mol. The predicted molar refractivity (Wildman–Crippen MR) is 67.2 cm³/mol. The van der Waals surface area contributed by atoms with E-state index in [9.17, 15) is 0 Å². The molecule has 1 atom stereocenters. The molecule has 3 heterocycles. The Balaban J connectivity index is 1.74. The lowest BCUT2D eigenvalue weighted by atomic mass is 9.80. The normalized spacial score (nSPS) is 28.4. The van der Waals surface area contributed by atoms with Crippen molar-refractivity contribution in [1.29, 1.82) is 0 Å². The van der Waals surface area contributed by atoms with Gasteiger partial charge in [-0.25, -0.2) is 4.98 Å². The number of thiazole rings is 1. The Morgan fingerprint density at radius 2 is 2.18 bits per heavy atom. The Hall–Kier alpha value is -0.650. The average molecular weight is 254 g/mol. The fourth-order valence-corrected chi connectivity index (χ4v) is 3.67. The smallest absolute Gasteiger partial charge is 0.180 e. The van der Waals surface area contributed by atoms with E-state index in [1.807, 2.05) is 6.20 Å². The first-order valence-electron chi connectivity index (χ1n) is 6.20. The Labute approximate surface area is 105 Å². The number of nitrogen functional groups attached to an aromatic ring is 1. The highest BCUT2D eigenvalue weighted by atomic mass is 32.1. The molecule has 1 spiro atoms. The Morgan fingerprint density at radius 1 is 1.35 bits per heavy atom. The summed E-state index contributed by atoms with van der Waals surface area (Å²) in [6, 6.07) is 0. The first kappa shape index (κ1) is 11.4. The molecule has 1 aromatic heterocycles. The van der Waals surface area contributed by atoms with Gasteiger partial charge in [-0.15, -0.1) is 11.3 Å². The summed E-state index contributed by atoms with van der Waals surface area (Å²) >= 11 is 1.62. The Kier molecular flexibility index (Phi) is 3.06. The summed E-state index contributed by atoms with van der Waals surface area (Å²) in [6.45, 7) is 2.51. The van der Waals surface area contributed by atoms with Crippen LogP contribution in [0.1, 0.15) is 36.5 Å². The lowest BCUT2D eigenvalue weighted by molar-refractivity contribution is -0.138. The molecule has 5 heteroatoms. The van der Waals surface area contributed by atoms with Crippen LogP contribution in [0, 0.1) is 0 Å². The molecule has 0 saturated carbocycles. The molecule has 0 radical (unpaired) electrons. The predicted octanol–water partition coefficient (Wildman–Crippen LogP) is 2.17. The van der Waals surface area contributed by atoms with Crippen molar-refractivity contribution >= 4 is 16.5 Å². The summed E-state index contributed by atoms with van der Waals surface area (Å²) in [6.07, 6.45) is 6.17. The Bertz CT molecular complexity index is 382. The summed E-state index contributed by atoms with van der Waals surface area (Å²) < 4.78 is 11.5. The van der Waals surface area contributed by atoms with Crippen LogP contribution in [-0.4, -0.2) is 30.4 Å². The van der Waals surface area contributed by atoms with Gasteiger partial charge in [0.15, 0.2) is 5.13 Å². The van der Waals surface area contributed by atoms with Crippen molar-refractivity contribution in [3.8, 4) is 0 Å². The maximum atomic E-state index is 6.04. The number of hydrogen-bond donors (Lipinski definition) is 1. The zero-order chi connectivity index (χ0) is 11.7. The van der Waals surface area contributed by atoms with E-state index < -0.39 is 0 Å². The van der Waals surface area contributed by atoms with Gasteiger partial charge < -0.3 is 15.2 Å². The monoisotopic (exact) mass is 254 g/mol. The van der Waals surface area contributed by atoms with Gasteiger partial charge in [0.1, 0.15) is 0 Å². The number of ether oxygens (including phenoxy) is 2. The van der Waals surface area contributed by atoms with Gasteiger partial charge in [0.25, 0.3) is 0 Å². The van der Waals surface area contributed by atoms with Crippen molar-refractivity contribution in [3.63, 3.8) is 0 Å². The standard InChI is InChI=1S/C12H18N2O2S/c13-11-14-8-10(17-11)9-1-4-16-12(7-9)2-5-15-6-3-12/h8-9H,1-7H2,(H2,13,14). The summed E-state index contributed by atoms with van der Waals surface area (Å²) in [5.41, 5.74) is 5.77. The van der Waals surface area contributed by atoms with Crippen molar-refractivity contribution in [2.45, 2.75) is 37.2 Å². The third-order valence-electron chi connectivity index (χ3n) is 3.84. The van der Waals surface area contributed by atoms with Crippen molar-refractivity contribution in [2.75, 3.05) is 25.6 Å². The van der Waals surface area contributed by atoms with E-state index >= 15 is 0 Å². The van der Waals surface area contributed by atoms with Gasteiger partial charge in [-0.3, -0.25) is 0 Å².